The minimum atomic E-state index is -0.998. The third kappa shape index (κ3) is 9.06. The highest BCUT2D eigenvalue weighted by atomic mass is 16.7. The number of fused-ring (bicyclic) bond motifs is 4. The fraction of sp³-hybridized carbons (Fsp3) is 0.364. The molecule has 0 radical (unpaired) electrons. The SMILES string of the molecule is CCOC(OCC)[C@H](C)N(Cc1cccc2nccnc12)C(=O)[C@H](Cc1ccc(OC(C)(C)C)cc1)NC(=O)OCC1c2ccccc2-c2ccccc21. The number of amides is 2. The predicted molar refractivity (Wildman–Crippen MR) is 209 cm³/mol. The Morgan fingerprint density at radius 2 is 1.44 bits per heavy atom. The summed E-state index contributed by atoms with van der Waals surface area (Å²) in [6, 6.07) is 28.1. The number of para-hydroxylation sites is 1. The number of benzene rings is 4. The molecule has 10 nitrogen and oxygen atoms in total. The van der Waals surface area contributed by atoms with E-state index in [2.05, 4.69) is 39.6 Å². The van der Waals surface area contributed by atoms with Crippen LogP contribution in [0.3, 0.4) is 0 Å². The molecular formula is C44H50N4O6. The molecule has 6 rings (SSSR count). The second-order valence-corrected chi connectivity index (χ2v) is 14.4. The third-order valence-electron chi connectivity index (χ3n) is 9.47. The monoisotopic (exact) mass is 730 g/mol. The van der Waals surface area contributed by atoms with Gasteiger partial charge in [-0.15, -0.1) is 0 Å². The Labute approximate surface area is 317 Å². The first-order valence-corrected chi connectivity index (χ1v) is 18.7. The second-order valence-electron chi connectivity index (χ2n) is 14.4. The highest BCUT2D eigenvalue weighted by molar-refractivity contribution is 5.87. The van der Waals surface area contributed by atoms with Gasteiger partial charge < -0.3 is 29.2 Å². The Kier molecular flexibility index (Phi) is 12.2. The molecule has 1 aromatic heterocycles. The van der Waals surface area contributed by atoms with E-state index in [1.54, 1.807) is 17.3 Å². The van der Waals surface area contributed by atoms with Crippen molar-refractivity contribution in [3.63, 3.8) is 0 Å². The van der Waals surface area contributed by atoms with E-state index in [-0.39, 0.29) is 37.0 Å². The van der Waals surface area contributed by atoms with E-state index in [4.69, 9.17) is 18.9 Å². The first-order valence-electron chi connectivity index (χ1n) is 18.7. The first-order chi connectivity index (χ1) is 26.1. The number of aromatic nitrogens is 2. The van der Waals surface area contributed by atoms with Gasteiger partial charge in [0.2, 0.25) is 5.91 Å². The van der Waals surface area contributed by atoms with Gasteiger partial charge >= 0.3 is 6.09 Å². The standard InChI is InChI=1S/C44H50N4O6/c1-7-51-42(52-8-2)29(3)48(27-31-14-13-19-38-40(31)46-25-24-45-38)41(49)39(26-30-20-22-32(23-21-30)54-44(4,5)6)47-43(50)53-28-37-35-17-11-9-15-33(35)34-16-10-12-18-36(34)37/h9-25,29,37,39,42H,7-8,26-28H2,1-6H3,(H,47,50)/t29-,39-/m0/s1. The quantitative estimate of drug-likeness (QED) is 0.108. The summed E-state index contributed by atoms with van der Waals surface area (Å²) in [5.74, 6) is 0.258. The van der Waals surface area contributed by atoms with Crippen LogP contribution in [-0.4, -0.2) is 70.7 Å². The van der Waals surface area contributed by atoms with Crippen molar-refractivity contribution in [1.29, 1.82) is 0 Å². The van der Waals surface area contributed by atoms with Crippen molar-refractivity contribution in [2.24, 2.45) is 0 Å². The van der Waals surface area contributed by atoms with E-state index in [1.807, 2.05) is 108 Å². The lowest BCUT2D eigenvalue weighted by Crippen LogP contribution is -2.55. The van der Waals surface area contributed by atoms with Crippen molar-refractivity contribution in [2.45, 2.75) is 84.4 Å². The lowest BCUT2D eigenvalue weighted by molar-refractivity contribution is -0.179. The van der Waals surface area contributed by atoms with Crippen LogP contribution in [0, 0.1) is 0 Å². The van der Waals surface area contributed by atoms with Crippen LogP contribution < -0.4 is 10.1 Å². The number of carbonyl (C=O) groups is 2. The van der Waals surface area contributed by atoms with Crippen molar-refractivity contribution < 1.29 is 28.5 Å². The second kappa shape index (κ2) is 17.2. The average molecular weight is 731 g/mol. The molecule has 10 heteroatoms. The molecule has 0 saturated heterocycles. The van der Waals surface area contributed by atoms with E-state index in [1.165, 1.54) is 0 Å². The van der Waals surface area contributed by atoms with Crippen LogP contribution in [0.4, 0.5) is 4.79 Å². The van der Waals surface area contributed by atoms with E-state index < -0.39 is 24.5 Å². The van der Waals surface area contributed by atoms with Gasteiger partial charge in [0.05, 0.1) is 17.1 Å². The highest BCUT2D eigenvalue weighted by Crippen LogP contribution is 2.44. The van der Waals surface area contributed by atoms with Gasteiger partial charge in [-0.25, -0.2) is 4.79 Å². The van der Waals surface area contributed by atoms with Gasteiger partial charge in [0, 0.05) is 44.5 Å². The first kappa shape index (κ1) is 38.4. The fourth-order valence-corrected chi connectivity index (χ4v) is 7.05. The molecule has 0 fully saturated rings. The van der Waals surface area contributed by atoms with Gasteiger partial charge in [-0.05, 0) is 93.1 Å². The van der Waals surface area contributed by atoms with Crippen LogP contribution in [0.15, 0.2) is 103 Å². The minimum Gasteiger partial charge on any atom is -0.488 e. The van der Waals surface area contributed by atoms with E-state index >= 15 is 4.79 Å². The molecule has 0 saturated carbocycles. The summed E-state index contributed by atoms with van der Waals surface area (Å²) >= 11 is 0. The summed E-state index contributed by atoms with van der Waals surface area (Å²) in [4.78, 5) is 39.6. The van der Waals surface area contributed by atoms with Crippen molar-refractivity contribution >= 4 is 23.0 Å². The van der Waals surface area contributed by atoms with E-state index in [0.717, 1.165) is 33.4 Å². The summed E-state index contributed by atoms with van der Waals surface area (Å²) in [7, 11) is 0. The number of rotatable bonds is 15. The summed E-state index contributed by atoms with van der Waals surface area (Å²) in [6.07, 6.45) is 2.08. The molecule has 2 amide bonds. The maximum absolute atomic E-state index is 15.0. The van der Waals surface area contributed by atoms with Crippen molar-refractivity contribution in [1.82, 2.24) is 20.2 Å². The van der Waals surface area contributed by atoms with Gasteiger partial charge in [0.1, 0.15) is 24.0 Å². The molecule has 0 bridgehead atoms. The lowest BCUT2D eigenvalue weighted by atomic mass is 9.98. The molecule has 282 valence electrons. The van der Waals surface area contributed by atoms with Crippen LogP contribution in [0.25, 0.3) is 22.2 Å². The van der Waals surface area contributed by atoms with Gasteiger partial charge in [-0.3, -0.25) is 14.8 Å². The Balaban J connectivity index is 1.30. The van der Waals surface area contributed by atoms with Crippen molar-refractivity contribution in [3.8, 4) is 16.9 Å². The van der Waals surface area contributed by atoms with Crippen LogP contribution in [-0.2, 0) is 32.0 Å². The highest BCUT2D eigenvalue weighted by Gasteiger charge is 2.35. The summed E-state index contributed by atoms with van der Waals surface area (Å²) in [5, 5.41) is 2.96. The van der Waals surface area contributed by atoms with Crippen LogP contribution in [0.5, 0.6) is 5.75 Å². The molecule has 1 aliphatic rings. The number of nitrogens with one attached hydrogen (secondary N) is 1. The summed E-state index contributed by atoms with van der Waals surface area (Å²) in [6.45, 7) is 12.7. The molecule has 5 aromatic rings. The lowest BCUT2D eigenvalue weighted by Gasteiger charge is -2.36. The van der Waals surface area contributed by atoms with E-state index in [0.29, 0.717) is 30.0 Å². The Morgan fingerprint density at radius 1 is 0.815 bits per heavy atom. The zero-order valence-electron chi connectivity index (χ0n) is 32.0. The van der Waals surface area contributed by atoms with Gasteiger partial charge in [-0.1, -0.05) is 72.8 Å². The third-order valence-corrected chi connectivity index (χ3v) is 9.47. The Bertz CT molecular complexity index is 1990. The number of hydrogen-bond donors (Lipinski definition) is 1. The van der Waals surface area contributed by atoms with Crippen LogP contribution in [0.2, 0.25) is 0 Å². The zero-order chi connectivity index (χ0) is 38.2. The van der Waals surface area contributed by atoms with E-state index in [9.17, 15) is 4.79 Å². The van der Waals surface area contributed by atoms with Crippen molar-refractivity contribution in [2.75, 3.05) is 19.8 Å². The molecule has 0 unspecified atom stereocenters. The zero-order valence-corrected chi connectivity index (χ0v) is 32.0. The number of hydrogen-bond acceptors (Lipinski definition) is 8. The largest absolute Gasteiger partial charge is 0.488 e. The van der Waals surface area contributed by atoms with Crippen LogP contribution in [0.1, 0.15) is 69.7 Å². The molecule has 54 heavy (non-hydrogen) atoms. The Hall–Kier alpha value is -5.32. The number of nitrogens with zero attached hydrogens (tertiary/aromatic N) is 3. The maximum Gasteiger partial charge on any atom is 0.407 e. The number of alkyl carbamates (subject to hydrolysis) is 1. The molecule has 2 atom stereocenters. The van der Waals surface area contributed by atoms with Gasteiger partial charge in [0.25, 0.3) is 0 Å². The fourth-order valence-electron chi connectivity index (χ4n) is 7.05. The number of ether oxygens (including phenoxy) is 4. The minimum absolute atomic E-state index is 0.116. The smallest absolute Gasteiger partial charge is 0.407 e. The molecule has 1 aliphatic carbocycles. The summed E-state index contributed by atoms with van der Waals surface area (Å²) in [5.41, 5.74) is 7.15. The number of carbonyl (C=O) groups excluding carboxylic acids is 2. The summed E-state index contributed by atoms with van der Waals surface area (Å²) < 4.78 is 24.0. The predicted octanol–water partition coefficient (Wildman–Crippen LogP) is 8.07. The molecular weight excluding hydrogens is 681 g/mol. The normalized spacial score (nSPS) is 13.6. The maximum atomic E-state index is 15.0. The van der Waals surface area contributed by atoms with Gasteiger partial charge in [0.15, 0.2) is 6.29 Å². The molecule has 1 heterocycles. The van der Waals surface area contributed by atoms with Crippen LogP contribution >= 0.6 is 0 Å². The molecule has 1 N–H and O–H groups in total. The molecule has 4 aromatic carbocycles. The average Bonchev–Trinajstić information content (AvgIpc) is 3.49. The Morgan fingerprint density at radius 3 is 2.07 bits per heavy atom. The van der Waals surface area contributed by atoms with Gasteiger partial charge in [-0.2, -0.15) is 0 Å². The molecule has 0 aliphatic heterocycles. The topological polar surface area (TPSA) is 112 Å². The molecule has 0 spiro atoms. The van der Waals surface area contributed by atoms with Crippen molar-refractivity contribution in [3.05, 3.63) is 126 Å².